The number of rotatable bonds is 4. The van der Waals surface area contributed by atoms with Crippen molar-refractivity contribution in [1.82, 2.24) is 34.3 Å². The molecule has 1 aliphatic heterocycles. The first-order valence-corrected chi connectivity index (χ1v) is 12.6. The molecule has 186 valence electrons. The number of aryl methyl sites for hydroxylation is 2. The number of thiazole rings is 1. The number of carbonyl (C=O) groups excluding carboxylic acids is 1. The van der Waals surface area contributed by atoms with E-state index < -0.39 is 0 Å². The van der Waals surface area contributed by atoms with E-state index in [4.69, 9.17) is 4.74 Å². The fraction of sp³-hybridized carbons (Fsp3) is 0.375. The summed E-state index contributed by atoms with van der Waals surface area (Å²) in [5.74, 6) is -0.137. The molecule has 5 aromatic rings. The highest BCUT2D eigenvalue weighted by Gasteiger charge is 2.24. The van der Waals surface area contributed by atoms with Gasteiger partial charge in [0.15, 0.2) is 0 Å². The van der Waals surface area contributed by atoms with Gasteiger partial charge in [0.25, 0.3) is 5.56 Å². The first kappa shape index (κ1) is 22.8. The molecule has 6 rings (SSSR count). The molecule has 5 aromatic heterocycles. The predicted octanol–water partition coefficient (Wildman–Crippen LogP) is 2.54. The molecule has 0 aliphatic carbocycles. The predicted molar refractivity (Wildman–Crippen MR) is 139 cm³/mol. The molecule has 1 aliphatic rings. The van der Waals surface area contributed by atoms with E-state index in [2.05, 4.69) is 30.4 Å². The van der Waals surface area contributed by atoms with Crippen molar-refractivity contribution in [2.45, 2.75) is 33.0 Å². The fourth-order valence-corrected chi connectivity index (χ4v) is 6.15. The maximum Gasteiger partial charge on any atom is 0.261 e. The molecule has 1 amide bonds. The lowest BCUT2D eigenvalue weighted by Gasteiger charge is -2.34. The van der Waals surface area contributed by atoms with Gasteiger partial charge >= 0.3 is 0 Å². The van der Waals surface area contributed by atoms with E-state index in [0.717, 1.165) is 21.0 Å². The van der Waals surface area contributed by atoms with Gasteiger partial charge in [0.2, 0.25) is 5.91 Å². The number of pyridine rings is 2. The fourth-order valence-electron chi connectivity index (χ4n) is 5.00. The largest absolute Gasteiger partial charge is 0.373 e. The van der Waals surface area contributed by atoms with Gasteiger partial charge in [-0.2, -0.15) is 10.2 Å². The SMILES string of the molecule is Cc1nn(C)cc1-c1cn2nc3c4ncc(NC(=O)CN5C[C@@H](C)O[C@H](C)C5)cc4[nH]c(=O)c3c2s1. The second kappa shape index (κ2) is 8.50. The van der Waals surface area contributed by atoms with Gasteiger partial charge in [0.1, 0.15) is 21.3 Å². The molecule has 36 heavy (non-hydrogen) atoms. The van der Waals surface area contributed by atoms with Gasteiger partial charge in [-0.15, -0.1) is 11.3 Å². The summed E-state index contributed by atoms with van der Waals surface area (Å²) in [7, 11) is 1.88. The summed E-state index contributed by atoms with van der Waals surface area (Å²) in [6.45, 7) is 7.65. The van der Waals surface area contributed by atoms with Gasteiger partial charge in [0, 0.05) is 38.1 Å². The number of aromatic nitrogens is 6. The molecule has 12 heteroatoms. The third-order valence-corrected chi connectivity index (χ3v) is 7.45. The molecular weight excluding hydrogens is 480 g/mol. The smallest absolute Gasteiger partial charge is 0.261 e. The third kappa shape index (κ3) is 3.96. The maximum absolute atomic E-state index is 13.1. The lowest BCUT2D eigenvalue weighted by Crippen LogP contribution is -2.48. The Morgan fingerprint density at radius 2 is 2.00 bits per heavy atom. The van der Waals surface area contributed by atoms with Crippen LogP contribution in [-0.2, 0) is 16.6 Å². The molecule has 1 saturated heterocycles. The zero-order valence-corrected chi connectivity index (χ0v) is 21.2. The molecule has 0 bridgehead atoms. The van der Waals surface area contributed by atoms with E-state index in [1.165, 1.54) is 11.3 Å². The summed E-state index contributed by atoms with van der Waals surface area (Å²) in [4.78, 5) is 37.0. The van der Waals surface area contributed by atoms with Gasteiger partial charge in [-0.1, -0.05) is 0 Å². The van der Waals surface area contributed by atoms with Crippen LogP contribution in [0.1, 0.15) is 19.5 Å². The Balaban J connectivity index is 1.30. The third-order valence-electron chi connectivity index (χ3n) is 6.33. The molecule has 0 saturated carbocycles. The summed E-state index contributed by atoms with van der Waals surface area (Å²) >= 11 is 1.49. The molecule has 0 unspecified atom stereocenters. The van der Waals surface area contributed by atoms with Crippen LogP contribution in [0.4, 0.5) is 5.69 Å². The maximum atomic E-state index is 13.1. The monoisotopic (exact) mass is 506 g/mol. The van der Waals surface area contributed by atoms with Crippen LogP contribution in [0.5, 0.6) is 0 Å². The molecule has 11 nitrogen and oxygen atoms in total. The summed E-state index contributed by atoms with van der Waals surface area (Å²) in [5.41, 5.74) is 3.83. The average molecular weight is 507 g/mol. The molecule has 0 aromatic carbocycles. The molecule has 2 N–H and O–H groups in total. The highest BCUT2D eigenvalue weighted by atomic mass is 32.1. The number of hydrogen-bond donors (Lipinski definition) is 2. The first-order chi connectivity index (χ1) is 17.2. The standard InChI is InChI=1S/C24H26N8O3S/c1-12-7-31(8-13(2)35-12)11-19(33)26-15-5-17-21(25-6-15)22-20(23(34)27-17)24-32(29-22)10-18(36-24)16-9-30(4)28-14(16)3/h5-6,9-10,12-13H,7-8,11H2,1-4H3,(H,26,33)(H,27,34)/t12-,13-/m1/s1. The van der Waals surface area contributed by atoms with E-state index in [0.29, 0.717) is 40.7 Å². The van der Waals surface area contributed by atoms with Gasteiger partial charge in [-0.25, -0.2) is 4.52 Å². The number of hydrogen-bond acceptors (Lipinski definition) is 8. The van der Waals surface area contributed by atoms with E-state index in [9.17, 15) is 9.59 Å². The number of aromatic amines is 1. The number of amides is 1. The minimum absolute atomic E-state index is 0.0883. The van der Waals surface area contributed by atoms with E-state index >= 15 is 0 Å². The Morgan fingerprint density at radius 3 is 2.72 bits per heavy atom. The van der Waals surface area contributed by atoms with Crippen molar-refractivity contribution in [2.75, 3.05) is 25.0 Å². The van der Waals surface area contributed by atoms with Gasteiger partial charge in [-0.3, -0.25) is 24.2 Å². The number of ether oxygens (including phenoxy) is 1. The zero-order valence-electron chi connectivity index (χ0n) is 20.4. The van der Waals surface area contributed by atoms with Crippen LogP contribution in [0.25, 0.3) is 37.2 Å². The topological polar surface area (TPSA) is 122 Å². The Labute approximate surface area is 209 Å². The van der Waals surface area contributed by atoms with Crippen molar-refractivity contribution in [2.24, 2.45) is 7.05 Å². The number of nitrogens with zero attached hydrogens (tertiary/aromatic N) is 6. The Bertz CT molecular complexity index is 1690. The number of carbonyl (C=O) groups is 1. The minimum atomic E-state index is -0.245. The second-order valence-electron chi connectivity index (χ2n) is 9.44. The molecule has 6 heterocycles. The van der Waals surface area contributed by atoms with Gasteiger partial charge in [-0.05, 0) is 26.8 Å². The highest BCUT2D eigenvalue weighted by molar-refractivity contribution is 7.21. The average Bonchev–Trinajstić information content (AvgIpc) is 3.44. The molecular formula is C24H26N8O3S. The van der Waals surface area contributed by atoms with Crippen molar-refractivity contribution in [3.63, 3.8) is 0 Å². The van der Waals surface area contributed by atoms with Crippen LogP contribution < -0.4 is 10.9 Å². The van der Waals surface area contributed by atoms with Gasteiger partial charge < -0.3 is 15.0 Å². The minimum Gasteiger partial charge on any atom is -0.373 e. The van der Waals surface area contributed by atoms with Gasteiger partial charge in [0.05, 0.1) is 46.7 Å². The first-order valence-electron chi connectivity index (χ1n) is 11.8. The number of H-pyrrole nitrogens is 1. The van der Waals surface area contributed by atoms with Crippen molar-refractivity contribution in [3.05, 3.63) is 40.7 Å². The van der Waals surface area contributed by atoms with Crippen LogP contribution in [0, 0.1) is 6.92 Å². The molecule has 0 spiro atoms. The summed E-state index contributed by atoms with van der Waals surface area (Å²) in [6, 6.07) is 1.73. The number of fused-ring (bicyclic) bond motifs is 5. The van der Waals surface area contributed by atoms with Crippen LogP contribution in [0.2, 0.25) is 0 Å². The van der Waals surface area contributed by atoms with Crippen LogP contribution in [-0.4, -0.2) is 72.0 Å². The Morgan fingerprint density at radius 1 is 1.22 bits per heavy atom. The number of morpholine rings is 1. The van der Waals surface area contributed by atoms with Crippen LogP contribution >= 0.6 is 11.3 Å². The van der Waals surface area contributed by atoms with Crippen LogP contribution in [0.15, 0.2) is 29.5 Å². The van der Waals surface area contributed by atoms with Crippen molar-refractivity contribution in [3.8, 4) is 10.4 Å². The number of nitrogens with one attached hydrogen (secondary N) is 2. The van der Waals surface area contributed by atoms with Crippen LogP contribution in [0.3, 0.4) is 0 Å². The van der Waals surface area contributed by atoms with Crippen molar-refractivity contribution >= 4 is 49.7 Å². The Kier molecular flexibility index (Phi) is 5.39. The summed E-state index contributed by atoms with van der Waals surface area (Å²) < 4.78 is 9.24. The number of anilines is 1. The normalized spacial score (nSPS) is 19.0. The van der Waals surface area contributed by atoms with E-state index in [-0.39, 0.29) is 30.2 Å². The molecule has 0 radical (unpaired) electrons. The second-order valence-corrected chi connectivity index (χ2v) is 10.5. The van der Waals surface area contributed by atoms with E-state index in [1.54, 1.807) is 21.5 Å². The Hall–Kier alpha value is -3.61. The van der Waals surface area contributed by atoms with Crippen molar-refractivity contribution in [1.29, 1.82) is 0 Å². The summed E-state index contributed by atoms with van der Waals surface area (Å²) in [6.07, 6.45) is 5.65. The van der Waals surface area contributed by atoms with Crippen molar-refractivity contribution < 1.29 is 9.53 Å². The zero-order chi connectivity index (χ0) is 25.1. The lowest BCUT2D eigenvalue weighted by atomic mass is 10.2. The van der Waals surface area contributed by atoms with E-state index in [1.807, 2.05) is 40.2 Å². The molecule has 1 fully saturated rings. The lowest BCUT2D eigenvalue weighted by molar-refractivity contribution is -0.121. The molecule has 2 atom stereocenters. The summed E-state index contributed by atoms with van der Waals surface area (Å²) in [5, 5.41) is 12.5. The quantitative estimate of drug-likeness (QED) is 0.384. The highest BCUT2D eigenvalue weighted by Crippen LogP contribution is 2.34.